The second-order valence-electron chi connectivity index (χ2n) is 7.80. The summed E-state index contributed by atoms with van der Waals surface area (Å²) in [6.07, 6.45) is 12.9. The standard InChI is InChI=1S/C20H27O/c1-3-14-5-9-19-18-7-4-13-12-15(21)6-8-16(13)17(18)10-11-20(14,19)2/h12,18-19H,3-11H2,1-2H3/t18-,19+,20-/m1/s1. The van der Waals surface area contributed by atoms with Crippen LogP contribution in [0.1, 0.15) is 71.6 Å². The number of hydrogen-bond acceptors (Lipinski definition) is 1. The summed E-state index contributed by atoms with van der Waals surface area (Å²) in [5, 5.41) is 0. The average molecular weight is 283 g/mol. The van der Waals surface area contributed by atoms with E-state index in [4.69, 9.17) is 0 Å². The molecule has 1 radical (unpaired) electrons. The van der Waals surface area contributed by atoms with Gasteiger partial charge in [-0.15, -0.1) is 0 Å². The Labute approximate surface area is 128 Å². The van der Waals surface area contributed by atoms with Crippen molar-refractivity contribution >= 4 is 5.78 Å². The van der Waals surface area contributed by atoms with E-state index < -0.39 is 0 Å². The molecule has 0 aromatic heterocycles. The highest BCUT2D eigenvalue weighted by Gasteiger charge is 2.52. The maximum absolute atomic E-state index is 11.7. The van der Waals surface area contributed by atoms with E-state index >= 15 is 0 Å². The van der Waals surface area contributed by atoms with Crippen LogP contribution in [0.4, 0.5) is 0 Å². The summed E-state index contributed by atoms with van der Waals surface area (Å²) in [5.74, 6) is 3.92. The van der Waals surface area contributed by atoms with Crippen molar-refractivity contribution in [1.82, 2.24) is 0 Å². The molecule has 1 nitrogen and oxygen atoms in total. The monoisotopic (exact) mass is 283 g/mol. The van der Waals surface area contributed by atoms with Gasteiger partial charge in [0.1, 0.15) is 0 Å². The number of carbonyl (C=O) groups excluding carboxylic acids is 1. The first-order valence-corrected chi connectivity index (χ1v) is 8.94. The van der Waals surface area contributed by atoms with E-state index in [2.05, 4.69) is 13.8 Å². The summed E-state index contributed by atoms with van der Waals surface area (Å²) in [5.41, 5.74) is 5.30. The topological polar surface area (TPSA) is 17.1 Å². The van der Waals surface area contributed by atoms with Crippen molar-refractivity contribution in [3.8, 4) is 0 Å². The molecule has 0 aromatic rings. The minimum atomic E-state index is 0.357. The molecule has 0 aliphatic heterocycles. The minimum absolute atomic E-state index is 0.357. The lowest BCUT2D eigenvalue weighted by Gasteiger charge is -2.49. The summed E-state index contributed by atoms with van der Waals surface area (Å²) in [6.45, 7) is 4.91. The van der Waals surface area contributed by atoms with E-state index in [0.717, 1.165) is 31.1 Å². The van der Waals surface area contributed by atoms with E-state index in [0.29, 0.717) is 11.2 Å². The predicted octanol–water partition coefficient (Wildman–Crippen LogP) is 5.18. The first-order valence-electron chi connectivity index (χ1n) is 8.94. The van der Waals surface area contributed by atoms with Gasteiger partial charge in [-0.2, -0.15) is 0 Å². The largest absolute Gasteiger partial charge is 0.295 e. The third-order valence-electron chi connectivity index (χ3n) is 7.11. The predicted molar refractivity (Wildman–Crippen MR) is 85.7 cm³/mol. The van der Waals surface area contributed by atoms with Crippen molar-refractivity contribution in [3.05, 3.63) is 28.7 Å². The molecule has 2 fully saturated rings. The van der Waals surface area contributed by atoms with Gasteiger partial charge in [-0.3, -0.25) is 4.79 Å². The molecule has 0 saturated heterocycles. The molecular weight excluding hydrogens is 256 g/mol. The molecule has 4 aliphatic carbocycles. The Hall–Kier alpha value is -0.850. The second kappa shape index (κ2) is 4.83. The minimum Gasteiger partial charge on any atom is -0.295 e. The molecule has 4 aliphatic rings. The smallest absolute Gasteiger partial charge is 0.156 e. The van der Waals surface area contributed by atoms with Crippen LogP contribution in [0.2, 0.25) is 0 Å². The van der Waals surface area contributed by atoms with Crippen LogP contribution in [0.5, 0.6) is 0 Å². The van der Waals surface area contributed by atoms with Crippen LogP contribution in [0.15, 0.2) is 22.8 Å². The van der Waals surface area contributed by atoms with Gasteiger partial charge in [0.05, 0.1) is 0 Å². The molecule has 0 spiro atoms. The first-order chi connectivity index (χ1) is 10.1. The van der Waals surface area contributed by atoms with Crippen molar-refractivity contribution < 1.29 is 4.79 Å². The Morgan fingerprint density at radius 2 is 2.00 bits per heavy atom. The van der Waals surface area contributed by atoms with Crippen molar-refractivity contribution in [2.75, 3.05) is 0 Å². The highest BCUT2D eigenvalue weighted by atomic mass is 16.1. The van der Waals surface area contributed by atoms with Gasteiger partial charge in [-0.05, 0) is 91.8 Å². The Bertz CT molecular complexity index is 538. The summed E-state index contributed by atoms with van der Waals surface area (Å²) >= 11 is 0. The Morgan fingerprint density at radius 3 is 2.81 bits per heavy atom. The molecule has 2 saturated carbocycles. The molecule has 0 N–H and O–H groups in total. The van der Waals surface area contributed by atoms with Gasteiger partial charge >= 0.3 is 0 Å². The first kappa shape index (κ1) is 13.8. The Morgan fingerprint density at radius 1 is 1.14 bits per heavy atom. The fourth-order valence-electron chi connectivity index (χ4n) is 6.02. The normalized spacial score (nSPS) is 39.7. The number of fused-ring (bicyclic) bond motifs is 4. The molecule has 0 aromatic carbocycles. The van der Waals surface area contributed by atoms with Crippen molar-refractivity contribution in [2.24, 2.45) is 17.3 Å². The van der Waals surface area contributed by atoms with Gasteiger partial charge in [0.15, 0.2) is 5.78 Å². The lowest BCUT2D eigenvalue weighted by molar-refractivity contribution is -0.114. The van der Waals surface area contributed by atoms with E-state index in [1.165, 1.54) is 44.1 Å². The number of carbonyl (C=O) groups is 1. The molecule has 1 heteroatoms. The van der Waals surface area contributed by atoms with Gasteiger partial charge < -0.3 is 0 Å². The van der Waals surface area contributed by atoms with Gasteiger partial charge in [-0.25, -0.2) is 0 Å². The van der Waals surface area contributed by atoms with Crippen molar-refractivity contribution in [3.63, 3.8) is 0 Å². The third-order valence-corrected chi connectivity index (χ3v) is 7.11. The summed E-state index contributed by atoms with van der Waals surface area (Å²) in [4.78, 5) is 11.7. The lowest BCUT2D eigenvalue weighted by atomic mass is 9.56. The quantitative estimate of drug-likeness (QED) is 0.648. The van der Waals surface area contributed by atoms with Crippen LogP contribution in [0.25, 0.3) is 0 Å². The van der Waals surface area contributed by atoms with Crippen LogP contribution in [0.3, 0.4) is 0 Å². The van der Waals surface area contributed by atoms with E-state index in [9.17, 15) is 4.79 Å². The molecule has 113 valence electrons. The number of ketones is 1. The third kappa shape index (κ3) is 1.92. The molecule has 0 unspecified atom stereocenters. The molecule has 3 atom stereocenters. The van der Waals surface area contributed by atoms with Crippen LogP contribution in [-0.2, 0) is 4.79 Å². The maximum atomic E-state index is 11.7. The highest BCUT2D eigenvalue weighted by Crippen LogP contribution is 2.63. The molecular formula is C20H27O. The zero-order valence-corrected chi connectivity index (χ0v) is 13.5. The zero-order chi connectivity index (χ0) is 14.6. The fraction of sp³-hybridized carbons (Fsp3) is 0.700. The van der Waals surface area contributed by atoms with Crippen LogP contribution in [-0.4, -0.2) is 5.78 Å². The highest BCUT2D eigenvalue weighted by molar-refractivity contribution is 5.93. The molecule has 0 heterocycles. The van der Waals surface area contributed by atoms with Gasteiger partial charge in [0, 0.05) is 6.42 Å². The molecule has 0 amide bonds. The lowest BCUT2D eigenvalue weighted by Crippen LogP contribution is -2.39. The van der Waals surface area contributed by atoms with E-state index in [1.807, 2.05) is 12.0 Å². The maximum Gasteiger partial charge on any atom is 0.156 e. The Kier molecular flexibility index (Phi) is 3.17. The Balaban J connectivity index is 1.71. The molecule has 21 heavy (non-hydrogen) atoms. The average Bonchev–Trinajstić information content (AvgIpc) is 2.83. The van der Waals surface area contributed by atoms with E-state index in [-0.39, 0.29) is 0 Å². The van der Waals surface area contributed by atoms with Gasteiger partial charge in [-0.1, -0.05) is 19.4 Å². The SMILES string of the molecule is CC[C]1CC[C@H]2[C@@H]3CCC4=CC(=O)CCC4=C3CC[C@]12C. The second-order valence-corrected chi connectivity index (χ2v) is 7.80. The molecule has 4 rings (SSSR count). The number of allylic oxidation sites excluding steroid dienone is 4. The van der Waals surface area contributed by atoms with Crippen molar-refractivity contribution in [2.45, 2.75) is 71.6 Å². The number of hydrogen-bond donors (Lipinski definition) is 0. The van der Waals surface area contributed by atoms with E-state index in [1.54, 1.807) is 11.1 Å². The van der Waals surface area contributed by atoms with Crippen molar-refractivity contribution in [1.29, 1.82) is 0 Å². The zero-order valence-electron chi connectivity index (χ0n) is 13.5. The van der Waals surface area contributed by atoms with Crippen LogP contribution in [0, 0.1) is 23.2 Å². The molecule has 0 bridgehead atoms. The van der Waals surface area contributed by atoms with Gasteiger partial charge in [0.25, 0.3) is 0 Å². The number of rotatable bonds is 1. The summed E-state index contributed by atoms with van der Waals surface area (Å²) in [6, 6.07) is 0. The van der Waals surface area contributed by atoms with Crippen LogP contribution >= 0.6 is 0 Å². The fourth-order valence-corrected chi connectivity index (χ4v) is 6.02. The van der Waals surface area contributed by atoms with Gasteiger partial charge in [0.2, 0.25) is 0 Å². The van der Waals surface area contributed by atoms with Crippen LogP contribution < -0.4 is 0 Å². The summed E-state index contributed by atoms with van der Waals surface area (Å²) < 4.78 is 0. The summed E-state index contributed by atoms with van der Waals surface area (Å²) in [7, 11) is 0.